The van der Waals surface area contributed by atoms with Gasteiger partial charge < -0.3 is 9.88 Å². The van der Waals surface area contributed by atoms with Crippen LogP contribution in [0, 0.1) is 0 Å². The number of amides is 1. The van der Waals surface area contributed by atoms with Crippen LogP contribution in [0.1, 0.15) is 6.92 Å². The predicted molar refractivity (Wildman–Crippen MR) is 142 cm³/mol. The number of nitrogens with one attached hydrogen (secondary N) is 2. The highest BCUT2D eigenvalue weighted by Crippen LogP contribution is 2.41. The van der Waals surface area contributed by atoms with E-state index in [0.717, 1.165) is 50.5 Å². The molecule has 0 aliphatic heterocycles. The molecule has 2 heterocycles. The van der Waals surface area contributed by atoms with Gasteiger partial charge in [-0.25, -0.2) is 13.4 Å². The number of aromatic amines is 1. The van der Waals surface area contributed by atoms with Crippen LogP contribution in [0.3, 0.4) is 0 Å². The van der Waals surface area contributed by atoms with Crippen LogP contribution < -0.4 is 9.62 Å². The highest BCUT2D eigenvalue weighted by atomic mass is 32.2. The molecule has 2 aromatic heterocycles. The Morgan fingerprint density at radius 3 is 2.34 bits per heavy atom. The lowest BCUT2D eigenvalue weighted by atomic mass is 9.92. The van der Waals surface area contributed by atoms with Crippen molar-refractivity contribution in [2.24, 2.45) is 0 Å². The van der Waals surface area contributed by atoms with Crippen LogP contribution in [0.15, 0.2) is 79.0 Å². The number of nitrogens with zero attached hydrogens (tertiary/aromatic N) is 2. The van der Waals surface area contributed by atoms with Gasteiger partial charge in [0.1, 0.15) is 5.65 Å². The number of carbonyl (C=O) groups is 1. The molecule has 0 bridgehead atoms. The fourth-order valence-corrected chi connectivity index (χ4v) is 4.86. The number of rotatable bonds is 5. The van der Waals surface area contributed by atoms with Crippen molar-refractivity contribution in [3.63, 3.8) is 0 Å². The van der Waals surface area contributed by atoms with Gasteiger partial charge in [-0.05, 0) is 41.5 Å². The first-order valence-electron chi connectivity index (χ1n) is 11.0. The second-order valence-electron chi connectivity index (χ2n) is 8.52. The van der Waals surface area contributed by atoms with Crippen LogP contribution in [0.2, 0.25) is 0 Å². The van der Waals surface area contributed by atoms with Crippen molar-refractivity contribution < 1.29 is 13.2 Å². The number of sulfonamides is 1. The van der Waals surface area contributed by atoms with Gasteiger partial charge in [-0.1, -0.05) is 42.5 Å². The third-order valence-corrected chi connectivity index (χ3v) is 6.63. The fourth-order valence-electron chi connectivity index (χ4n) is 4.30. The second-order valence-corrected chi connectivity index (χ2v) is 10.3. The molecule has 35 heavy (non-hydrogen) atoms. The predicted octanol–water partition coefficient (Wildman–Crippen LogP) is 5.40. The van der Waals surface area contributed by atoms with Crippen LogP contribution in [0.4, 0.5) is 11.4 Å². The SMILES string of the molecule is CC(=O)N(C)c1ccc(-c2cnc3[nH]c4ccc(NS(C)(=O)=O)cc4c3c2-c2ccccc2)cc1. The van der Waals surface area contributed by atoms with E-state index in [9.17, 15) is 13.2 Å². The van der Waals surface area contributed by atoms with Gasteiger partial charge >= 0.3 is 0 Å². The van der Waals surface area contributed by atoms with E-state index in [1.807, 2.05) is 72.9 Å². The van der Waals surface area contributed by atoms with Crippen LogP contribution >= 0.6 is 0 Å². The maximum Gasteiger partial charge on any atom is 0.229 e. The molecule has 0 radical (unpaired) electrons. The van der Waals surface area contributed by atoms with Crippen LogP contribution in [0.5, 0.6) is 0 Å². The molecule has 0 atom stereocenters. The summed E-state index contributed by atoms with van der Waals surface area (Å²) in [6, 6.07) is 23.3. The van der Waals surface area contributed by atoms with Crippen molar-refractivity contribution in [2.45, 2.75) is 6.92 Å². The molecule has 0 spiro atoms. The maximum absolute atomic E-state index is 11.8. The molecule has 5 aromatic rings. The largest absolute Gasteiger partial charge is 0.339 e. The molecule has 0 saturated heterocycles. The van der Waals surface area contributed by atoms with Gasteiger partial charge in [0.15, 0.2) is 0 Å². The quantitative estimate of drug-likeness (QED) is 0.349. The molecule has 7 nitrogen and oxygen atoms in total. The number of aromatic nitrogens is 2. The number of H-pyrrole nitrogens is 1. The second kappa shape index (κ2) is 8.56. The van der Waals surface area contributed by atoms with Gasteiger partial charge in [0, 0.05) is 59.0 Å². The average molecular weight is 485 g/mol. The topological polar surface area (TPSA) is 95.2 Å². The molecule has 3 aromatic carbocycles. The standard InChI is InChI=1S/C27H24N4O3S/c1-17(32)31(2)21-12-9-18(10-13-21)23-16-28-27-26(25(23)19-7-5-4-6-8-19)22-15-20(30-35(3,33)34)11-14-24(22)29-27/h4-16,30H,1-3H3,(H,28,29). The van der Waals surface area contributed by atoms with Crippen LogP contribution in [0.25, 0.3) is 44.2 Å². The zero-order chi connectivity index (χ0) is 24.7. The van der Waals surface area contributed by atoms with E-state index in [4.69, 9.17) is 4.98 Å². The number of fused-ring (bicyclic) bond motifs is 3. The molecule has 0 aliphatic carbocycles. The first-order valence-corrected chi connectivity index (χ1v) is 12.9. The molecule has 1 amide bonds. The Balaban J connectivity index is 1.78. The minimum atomic E-state index is -3.42. The molecule has 8 heteroatoms. The Bertz CT molecular complexity index is 1680. The van der Waals surface area contributed by atoms with Crippen molar-refractivity contribution in [1.29, 1.82) is 0 Å². The molecule has 5 rings (SSSR count). The molecular formula is C27H24N4O3S. The van der Waals surface area contributed by atoms with E-state index in [0.29, 0.717) is 11.3 Å². The summed E-state index contributed by atoms with van der Waals surface area (Å²) < 4.78 is 26.2. The van der Waals surface area contributed by atoms with Gasteiger partial charge in [-0.2, -0.15) is 0 Å². The van der Waals surface area contributed by atoms with Crippen molar-refractivity contribution in [1.82, 2.24) is 9.97 Å². The average Bonchev–Trinajstić information content (AvgIpc) is 3.20. The molecule has 0 saturated carbocycles. The zero-order valence-corrected chi connectivity index (χ0v) is 20.3. The van der Waals surface area contributed by atoms with E-state index in [2.05, 4.69) is 9.71 Å². The fraction of sp³-hybridized carbons (Fsp3) is 0.111. The smallest absolute Gasteiger partial charge is 0.229 e. The van der Waals surface area contributed by atoms with E-state index >= 15 is 0 Å². The van der Waals surface area contributed by atoms with Crippen molar-refractivity contribution >= 4 is 49.2 Å². The number of anilines is 2. The molecule has 0 fully saturated rings. The highest BCUT2D eigenvalue weighted by Gasteiger charge is 2.18. The summed E-state index contributed by atoms with van der Waals surface area (Å²) in [6.45, 7) is 1.53. The van der Waals surface area contributed by atoms with E-state index in [-0.39, 0.29) is 5.91 Å². The summed E-state index contributed by atoms with van der Waals surface area (Å²) in [5, 5.41) is 1.78. The first kappa shape index (κ1) is 22.6. The Labute approximate surface area is 203 Å². The summed E-state index contributed by atoms with van der Waals surface area (Å²) in [7, 11) is -1.67. The maximum atomic E-state index is 11.8. The Hall–Kier alpha value is -4.17. The molecule has 0 aliphatic rings. The van der Waals surface area contributed by atoms with E-state index < -0.39 is 10.0 Å². The lowest BCUT2D eigenvalue weighted by Gasteiger charge is -2.16. The third-order valence-electron chi connectivity index (χ3n) is 6.02. The zero-order valence-electron chi connectivity index (χ0n) is 19.5. The first-order chi connectivity index (χ1) is 16.7. The minimum absolute atomic E-state index is 0.0388. The molecule has 176 valence electrons. The number of pyridine rings is 1. The van der Waals surface area contributed by atoms with Crippen LogP contribution in [-0.4, -0.2) is 37.6 Å². The Kier molecular flexibility index (Phi) is 5.53. The number of benzene rings is 3. The van der Waals surface area contributed by atoms with E-state index in [1.54, 1.807) is 18.0 Å². The van der Waals surface area contributed by atoms with Crippen LogP contribution in [-0.2, 0) is 14.8 Å². The minimum Gasteiger partial charge on any atom is -0.339 e. The molecule has 0 unspecified atom stereocenters. The van der Waals surface area contributed by atoms with Crippen molar-refractivity contribution in [3.8, 4) is 22.3 Å². The summed E-state index contributed by atoms with van der Waals surface area (Å²) in [4.78, 5) is 21.4. The van der Waals surface area contributed by atoms with Crippen molar-refractivity contribution in [3.05, 3.63) is 79.0 Å². The summed E-state index contributed by atoms with van der Waals surface area (Å²) in [5.41, 5.74) is 6.77. The van der Waals surface area contributed by atoms with Gasteiger partial charge in [0.2, 0.25) is 15.9 Å². The van der Waals surface area contributed by atoms with Gasteiger partial charge in [0.05, 0.1) is 6.26 Å². The van der Waals surface area contributed by atoms with Crippen molar-refractivity contribution in [2.75, 3.05) is 22.9 Å². The number of hydrogen-bond donors (Lipinski definition) is 2. The highest BCUT2D eigenvalue weighted by molar-refractivity contribution is 7.92. The monoisotopic (exact) mass is 484 g/mol. The lowest BCUT2D eigenvalue weighted by molar-refractivity contribution is -0.116. The number of carbonyl (C=O) groups excluding carboxylic acids is 1. The molecular weight excluding hydrogens is 460 g/mol. The normalized spacial score (nSPS) is 11.6. The summed E-state index contributed by atoms with van der Waals surface area (Å²) in [6.07, 6.45) is 2.98. The summed E-state index contributed by atoms with van der Waals surface area (Å²) >= 11 is 0. The molecule has 2 N–H and O–H groups in total. The van der Waals surface area contributed by atoms with Gasteiger partial charge in [-0.15, -0.1) is 0 Å². The summed E-state index contributed by atoms with van der Waals surface area (Å²) in [5.74, 6) is -0.0388. The number of hydrogen-bond acceptors (Lipinski definition) is 4. The Morgan fingerprint density at radius 2 is 1.69 bits per heavy atom. The van der Waals surface area contributed by atoms with Gasteiger partial charge in [0.25, 0.3) is 0 Å². The lowest BCUT2D eigenvalue weighted by Crippen LogP contribution is -2.22. The van der Waals surface area contributed by atoms with E-state index in [1.165, 1.54) is 6.92 Å². The van der Waals surface area contributed by atoms with Gasteiger partial charge in [-0.3, -0.25) is 9.52 Å². The third kappa shape index (κ3) is 4.36. The Morgan fingerprint density at radius 1 is 0.971 bits per heavy atom.